The maximum absolute atomic E-state index is 13.9. The summed E-state index contributed by atoms with van der Waals surface area (Å²) in [5, 5.41) is 11.8. The summed E-state index contributed by atoms with van der Waals surface area (Å²) in [4.78, 5) is 26.4. The highest BCUT2D eigenvalue weighted by Crippen LogP contribution is 2.40. The minimum atomic E-state index is -4.23. The lowest BCUT2D eigenvalue weighted by Crippen LogP contribution is -2.46. The maximum Gasteiger partial charge on any atom is 0.389 e. The van der Waals surface area contributed by atoms with Crippen LogP contribution in [0.3, 0.4) is 0 Å². The number of carbonyl (C=O) groups excluding carboxylic acids is 2. The van der Waals surface area contributed by atoms with Gasteiger partial charge in [0.2, 0.25) is 11.8 Å². The number of amides is 2. The molecular formula is C31H37F3N4O5S. The number of anilines is 1. The van der Waals surface area contributed by atoms with Crippen LogP contribution in [0, 0.1) is 13.8 Å². The molecule has 238 valence electrons. The van der Waals surface area contributed by atoms with E-state index in [9.17, 15) is 31.2 Å². The molecule has 9 nitrogen and oxygen atoms in total. The lowest BCUT2D eigenvalue weighted by molar-refractivity contribution is -0.136. The Morgan fingerprint density at radius 1 is 1.11 bits per heavy atom. The zero-order valence-electron chi connectivity index (χ0n) is 25.4. The predicted molar refractivity (Wildman–Crippen MR) is 162 cm³/mol. The van der Waals surface area contributed by atoms with Crippen LogP contribution in [0.4, 0.5) is 18.9 Å². The van der Waals surface area contributed by atoms with E-state index in [2.05, 4.69) is 15.7 Å². The Kier molecular flexibility index (Phi) is 9.48. The maximum atomic E-state index is 13.9. The summed E-state index contributed by atoms with van der Waals surface area (Å²) in [5.74, 6) is -1.19. The Labute approximate surface area is 255 Å². The molecule has 0 saturated heterocycles. The van der Waals surface area contributed by atoms with E-state index in [0.717, 1.165) is 28.5 Å². The zero-order valence-corrected chi connectivity index (χ0v) is 26.2. The summed E-state index contributed by atoms with van der Waals surface area (Å²) in [5.41, 5.74) is 4.42. The van der Waals surface area contributed by atoms with E-state index in [0.29, 0.717) is 35.5 Å². The Morgan fingerprint density at radius 2 is 1.80 bits per heavy atom. The minimum absolute atomic E-state index is 0.0256. The first-order valence-electron chi connectivity index (χ1n) is 14.2. The van der Waals surface area contributed by atoms with Crippen LogP contribution in [0.15, 0.2) is 52.8 Å². The number of alkyl halides is 3. The molecule has 2 amide bonds. The summed E-state index contributed by atoms with van der Waals surface area (Å²) in [7, 11) is -3.58. The van der Waals surface area contributed by atoms with Crippen LogP contribution < -0.4 is 20.4 Å². The number of hydrazone groups is 1. The second kappa shape index (κ2) is 12.6. The topological polar surface area (TPSA) is 117 Å². The molecule has 1 heterocycles. The van der Waals surface area contributed by atoms with Crippen molar-refractivity contribution in [3.8, 4) is 5.75 Å². The molecule has 2 aliphatic rings. The van der Waals surface area contributed by atoms with Crippen LogP contribution in [0.5, 0.6) is 5.75 Å². The van der Waals surface area contributed by atoms with E-state index in [1.807, 2.05) is 57.2 Å². The van der Waals surface area contributed by atoms with E-state index < -0.39 is 39.6 Å². The number of ether oxygens (including phenoxy) is 1. The molecule has 1 atom stereocenters. The molecule has 1 aliphatic heterocycles. The van der Waals surface area contributed by atoms with Gasteiger partial charge in [-0.05, 0) is 87.9 Å². The number of nitrogens with one attached hydrogen (secondary N) is 2. The van der Waals surface area contributed by atoms with Crippen molar-refractivity contribution in [1.29, 1.82) is 0 Å². The molecule has 1 aliphatic carbocycles. The van der Waals surface area contributed by atoms with Gasteiger partial charge >= 0.3 is 6.18 Å². The fourth-order valence-electron chi connectivity index (χ4n) is 5.38. The van der Waals surface area contributed by atoms with Crippen molar-refractivity contribution >= 4 is 33.2 Å². The lowest BCUT2D eigenvalue weighted by atomic mass is 9.91. The highest BCUT2D eigenvalue weighted by atomic mass is 32.2. The number of nitrogens with zero attached hydrogens (tertiary/aromatic N) is 2. The van der Waals surface area contributed by atoms with Crippen molar-refractivity contribution in [2.24, 2.45) is 5.10 Å². The molecule has 4 rings (SSSR count). The average Bonchev–Trinajstić information content (AvgIpc) is 3.21. The highest BCUT2D eigenvalue weighted by molar-refractivity contribution is 7.91. The van der Waals surface area contributed by atoms with Gasteiger partial charge in [-0.25, -0.2) is 13.4 Å². The average molecular weight is 635 g/mol. The number of allylic oxidation sites excluding steroid dienone is 1. The number of benzene rings is 2. The summed E-state index contributed by atoms with van der Waals surface area (Å²) in [6, 6.07) is 11.2. The van der Waals surface area contributed by atoms with Gasteiger partial charge in [0.05, 0.1) is 17.8 Å². The van der Waals surface area contributed by atoms with Crippen LogP contribution >= 0.6 is 0 Å². The number of fused-ring (bicyclic) bond motifs is 1. The van der Waals surface area contributed by atoms with Gasteiger partial charge in [0, 0.05) is 30.4 Å². The van der Waals surface area contributed by atoms with Gasteiger partial charge in [0.1, 0.15) is 17.3 Å². The molecule has 2 aromatic rings. The van der Waals surface area contributed by atoms with Gasteiger partial charge < -0.3 is 15.4 Å². The summed E-state index contributed by atoms with van der Waals surface area (Å²) in [6.07, 6.45) is -3.12. The Hall–Kier alpha value is -3.87. The predicted octanol–water partition coefficient (Wildman–Crippen LogP) is 4.96. The molecule has 0 unspecified atom stereocenters. The third kappa shape index (κ3) is 8.19. The van der Waals surface area contributed by atoms with Gasteiger partial charge in [-0.15, -0.1) is 0 Å². The molecule has 13 heteroatoms. The SMILES string of the molecule is CC1=C(C(=O)N[C@]2(C)CCc3cc(OCCCC(F)(F)F)c(C)cc32)CC(NC(=O)CS(C)(=O)=O)=NN1c1ccc(C)cc1. The van der Waals surface area contributed by atoms with Crippen LogP contribution in [0.25, 0.3) is 0 Å². The normalized spacial score (nSPS) is 18.5. The molecular weight excluding hydrogens is 597 g/mol. The van der Waals surface area contributed by atoms with Gasteiger partial charge in [-0.3, -0.25) is 9.59 Å². The van der Waals surface area contributed by atoms with Crippen molar-refractivity contribution in [1.82, 2.24) is 10.6 Å². The van der Waals surface area contributed by atoms with E-state index in [-0.39, 0.29) is 31.2 Å². The molecule has 0 spiro atoms. The Morgan fingerprint density at radius 3 is 2.43 bits per heavy atom. The fourth-order valence-corrected chi connectivity index (χ4v) is 5.93. The van der Waals surface area contributed by atoms with E-state index >= 15 is 0 Å². The monoisotopic (exact) mass is 634 g/mol. The second-order valence-corrected chi connectivity index (χ2v) is 13.8. The minimum Gasteiger partial charge on any atom is -0.493 e. The first-order valence-corrected chi connectivity index (χ1v) is 16.3. The quantitative estimate of drug-likeness (QED) is 0.377. The number of sulfone groups is 1. The third-order valence-electron chi connectivity index (χ3n) is 7.69. The number of carbonyl (C=O) groups is 2. The van der Waals surface area contributed by atoms with Crippen LogP contribution in [0.1, 0.15) is 61.8 Å². The number of hydrogen-bond donors (Lipinski definition) is 2. The molecule has 0 saturated carbocycles. The van der Waals surface area contributed by atoms with Crippen molar-refractivity contribution in [3.63, 3.8) is 0 Å². The fraction of sp³-hybridized carbons (Fsp3) is 0.452. The number of halogens is 3. The largest absolute Gasteiger partial charge is 0.493 e. The summed E-state index contributed by atoms with van der Waals surface area (Å²) >= 11 is 0. The van der Waals surface area contributed by atoms with Crippen molar-refractivity contribution in [2.75, 3.05) is 23.6 Å². The van der Waals surface area contributed by atoms with Crippen molar-refractivity contribution in [3.05, 3.63) is 69.9 Å². The van der Waals surface area contributed by atoms with Crippen molar-refractivity contribution in [2.45, 2.75) is 71.5 Å². The van der Waals surface area contributed by atoms with Crippen LogP contribution in [-0.2, 0) is 31.4 Å². The van der Waals surface area contributed by atoms with Gasteiger partial charge in [0.25, 0.3) is 0 Å². The number of aryl methyl sites for hydroxylation is 3. The van der Waals surface area contributed by atoms with E-state index in [1.165, 1.54) is 0 Å². The highest BCUT2D eigenvalue weighted by Gasteiger charge is 2.38. The Balaban J connectivity index is 1.56. The number of rotatable bonds is 9. The first-order chi connectivity index (χ1) is 20.4. The zero-order chi connectivity index (χ0) is 32.4. The van der Waals surface area contributed by atoms with E-state index in [4.69, 9.17) is 4.74 Å². The smallest absolute Gasteiger partial charge is 0.389 e. The second-order valence-electron chi connectivity index (χ2n) is 11.7. The van der Waals surface area contributed by atoms with Gasteiger partial charge in [0.15, 0.2) is 9.84 Å². The molecule has 44 heavy (non-hydrogen) atoms. The third-order valence-corrected chi connectivity index (χ3v) is 8.48. The van der Waals surface area contributed by atoms with E-state index in [1.54, 1.807) is 11.9 Å². The molecule has 0 aromatic heterocycles. The standard InChI is InChI=1S/C31H37F3N4O5S/c1-19-7-9-23(10-8-19)38-21(3)24(17-27(37-38)35-28(39)18-44(5,41)42)29(40)36-30(4)13-11-22-16-26(20(2)15-25(22)30)43-14-6-12-31(32,33)34/h7-10,15-16H,6,11-14,17-18H2,1-5H3,(H,36,40)(H,35,37,39)/t30-/m1/s1. The van der Waals surface area contributed by atoms with Gasteiger partial charge in [-0.1, -0.05) is 17.7 Å². The first kappa shape index (κ1) is 33.0. The molecule has 0 fully saturated rings. The molecule has 0 radical (unpaired) electrons. The Bertz CT molecular complexity index is 1620. The summed E-state index contributed by atoms with van der Waals surface area (Å²) in [6.45, 7) is 7.37. The number of hydrogen-bond acceptors (Lipinski definition) is 7. The van der Waals surface area contributed by atoms with Crippen LogP contribution in [0.2, 0.25) is 0 Å². The molecule has 2 N–H and O–H groups in total. The molecule has 2 aromatic carbocycles. The number of amidine groups is 1. The van der Waals surface area contributed by atoms with Crippen molar-refractivity contribution < 1.29 is 35.9 Å². The molecule has 0 bridgehead atoms. The lowest BCUT2D eigenvalue weighted by Gasteiger charge is -2.32. The van der Waals surface area contributed by atoms with Crippen LogP contribution in [-0.4, -0.2) is 50.9 Å². The summed E-state index contributed by atoms with van der Waals surface area (Å²) < 4.78 is 66.5. The van der Waals surface area contributed by atoms with Gasteiger partial charge in [-0.2, -0.15) is 18.3 Å².